The number of alkyl halides is 3. The largest absolute Gasteiger partial charge is 0.389 e. The lowest BCUT2D eigenvalue weighted by Gasteiger charge is -2.33. The van der Waals surface area contributed by atoms with Crippen LogP contribution in [0.5, 0.6) is 0 Å². The molecule has 0 aromatic heterocycles. The van der Waals surface area contributed by atoms with Gasteiger partial charge >= 0.3 is 6.11 Å². The first-order valence-corrected chi connectivity index (χ1v) is 5.65. The third kappa shape index (κ3) is 1.77. The van der Waals surface area contributed by atoms with E-state index in [1.165, 1.54) is 0 Å². The summed E-state index contributed by atoms with van der Waals surface area (Å²) in [5.74, 6) is 0.380. The van der Waals surface area contributed by atoms with Crippen molar-refractivity contribution in [1.82, 2.24) is 0 Å². The van der Waals surface area contributed by atoms with Crippen molar-refractivity contribution in [3.63, 3.8) is 0 Å². The molecule has 0 amide bonds. The van der Waals surface area contributed by atoms with Crippen LogP contribution in [0.2, 0.25) is 0 Å². The Bertz CT molecular complexity index is 306. The summed E-state index contributed by atoms with van der Waals surface area (Å²) in [6, 6.07) is 0. The Kier molecular flexibility index (Phi) is 2.61. The molecule has 92 valence electrons. The van der Waals surface area contributed by atoms with Gasteiger partial charge in [0.1, 0.15) is 0 Å². The van der Waals surface area contributed by atoms with Crippen LogP contribution in [-0.4, -0.2) is 17.9 Å². The molecule has 4 heteroatoms. The van der Waals surface area contributed by atoms with Gasteiger partial charge in [0.05, 0.1) is 6.10 Å². The van der Waals surface area contributed by atoms with Crippen LogP contribution in [0, 0.1) is 17.8 Å². The summed E-state index contributed by atoms with van der Waals surface area (Å²) in [4.78, 5) is 0. The maximum absolute atomic E-state index is 13.5. The summed E-state index contributed by atoms with van der Waals surface area (Å²) in [5, 5.41) is 0. The molecule has 1 nitrogen and oxygen atoms in total. The van der Waals surface area contributed by atoms with Gasteiger partial charge < -0.3 is 4.74 Å². The van der Waals surface area contributed by atoms with Gasteiger partial charge in [-0.25, -0.2) is 4.39 Å². The van der Waals surface area contributed by atoms with Crippen LogP contribution in [0.15, 0.2) is 12.2 Å². The van der Waals surface area contributed by atoms with E-state index in [9.17, 15) is 13.2 Å². The van der Waals surface area contributed by atoms with Crippen LogP contribution < -0.4 is 0 Å². The van der Waals surface area contributed by atoms with E-state index in [1.807, 2.05) is 19.1 Å². The van der Waals surface area contributed by atoms with Crippen LogP contribution in [0.25, 0.3) is 0 Å². The van der Waals surface area contributed by atoms with E-state index in [2.05, 4.69) is 0 Å². The van der Waals surface area contributed by atoms with Gasteiger partial charge in [-0.1, -0.05) is 19.1 Å². The molecule has 0 aromatic carbocycles. The standard InChI is InChI=1S/C12H17F3O/c1-7-8-4-5-9(6-8)10(7)16-12(14,15)11(2,3)13/h4-5,7-10H,6H2,1-3H3. The van der Waals surface area contributed by atoms with Crippen molar-refractivity contribution in [3.8, 4) is 0 Å². The lowest BCUT2D eigenvalue weighted by Crippen LogP contribution is -2.46. The summed E-state index contributed by atoms with van der Waals surface area (Å²) >= 11 is 0. The molecule has 0 saturated heterocycles. The molecule has 0 radical (unpaired) electrons. The second-order valence-corrected chi connectivity index (χ2v) is 5.38. The van der Waals surface area contributed by atoms with Gasteiger partial charge in [0, 0.05) is 5.92 Å². The third-order valence-corrected chi connectivity index (χ3v) is 3.74. The molecule has 1 fully saturated rings. The second-order valence-electron chi connectivity index (χ2n) is 5.38. The van der Waals surface area contributed by atoms with Gasteiger partial charge in [-0.05, 0) is 32.1 Å². The zero-order valence-corrected chi connectivity index (χ0v) is 9.71. The van der Waals surface area contributed by atoms with Gasteiger partial charge in [-0.2, -0.15) is 8.78 Å². The second kappa shape index (κ2) is 3.49. The molecular formula is C12H17F3O. The molecule has 2 aliphatic rings. The van der Waals surface area contributed by atoms with Crippen molar-refractivity contribution in [1.29, 1.82) is 0 Å². The van der Waals surface area contributed by atoms with E-state index in [-0.39, 0.29) is 11.8 Å². The SMILES string of the molecule is CC1C2C=CC(C2)C1OC(F)(F)C(C)(C)F. The molecule has 0 N–H and O–H groups in total. The van der Waals surface area contributed by atoms with E-state index >= 15 is 0 Å². The van der Waals surface area contributed by atoms with Crippen molar-refractivity contribution in [2.45, 2.75) is 45.1 Å². The van der Waals surface area contributed by atoms with Crippen molar-refractivity contribution in [2.24, 2.45) is 17.8 Å². The van der Waals surface area contributed by atoms with Crippen molar-refractivity contribution in [2.75, 3.05) is 0 Å². The van der Waals surface area contributed by atoms with E-state index < -0.39 is 17.9 Å². The van der Waals surface area contributed by atoms with Crippen LogP contribution in [0.3, 0.4) is 0 Å². The normalized spacial score (nSPS) is 38.4. The molecule has 4 atom stereocenters. The summed E-state index contributed by atoms with van der Waals surface area (Å²) in [6.45, 7) is 3.58. The number of allylic oxidation sites excluding steroid dienone is 1. The lowest BCUT2D eigenvalue weighted by molar-refractivity contribution is -0.326. The van der Waals surface area contributed by atoms with Crippen LogP contribution in [-0.2, 0) is 4.74 Å². The Morgan fingerprint density at radius 1 is 1.12 bits per heavy atom. The number of hydrogen-bond acceptors (Lipinski definition) is 1. The van der Waals surface area contributed by atoms with Gasteiger partial charge in [0.15, 0.2) is 5.67 Å². The van der Waals surface area contributed by atoms with E-state index in [1.54, 1.807) is 0 Å². The fraction of sp³-hybridized carbons (Fsp3) is 0.833. The lowest BCUT2D eigenvalue weighted by atomic mass is 9.92. The van der Waals surface area contributed by atoms with Crippen LogP contribution >= 0.6 is 0 Å². The molecule has 0 heterocycles. The number of fused-ring (bicyclic) bond motifs is 2. The number of hydrogen-bond donors (Lipinski definition) is 0. The maximum atomic E-state index is 13.5. The first-order chi connectivity index (χ1) is 7.22. The van der Waals surface area contributed by atoms with Crippen molar-refractivity contribution >= 4 is 0 Å². The summed E-state index contributed by atoms with van der Waals surface area (Å²) in [6.07, 6.45) is 0.545. The molecule has 0 spiro atoms. The Hall–Kier alpha value is -0.510. The van der Waals surface area contributed by atoms with Gasteiger partial charge in [0.2, 0.25) is 0 Å². The van der Waals surface area contributed by atoms with Crippen molar-refractivity contribution < 1.29 is 17.9 Å². The van der Waals surface area contributed by atoms with Gasteiger partial charge in [-0.3, -0.25) is 0 Å². The topological polar surface area (TPSA) is 9.23 Å². The Morgan fingerprint density at radius 2 is 1.69 bits per heavy atom. The van der Waals surface area contributed by atoms with E-state index in [0.717, 1.165) is 20.3 Å². The highest BCUT2D eigenvalue weighted by Crippen LogP contribution is 2.48. The van der Waals surface area contributed by atoms with Gasteiger partial charge in [-0.15, -0.1) is 0 Å². The molecule has 1 saturated carbocycles. The number of ether oxygens (including phenoxy) is 1. The minimum Gasteiger partial charge on any atom is -0.314 e. The maximum Gasteiger partial charge on any atom is 0.389 e. The smallest absolute Gasteiger partial charge is 0.314 e. The molecule has 0 aliphatic heterocycles. The van der Waals surface area contributed by atoms with E-state index in [4.69, 9.17) is 4.74 Å². The minimum atomic E-state index is -3.72. The predicted molar refractivity (Wildman–Crippen MR) is 54.9 cm³/mol. The molecule has 2 rings (SSSR count). The first kappa shape index (κ1) is 12.0. The van der Waals surface area contributed by atoms with Crippen LogP contribution in [0.1, 0.15) is 27.2 Å². The van der Waals surface area contributed by atoms with Crippen LogP contribution in [0.4, 0.5) is 13.2 Å². The molecule has 4 unspecified atom stereocenters. The zero-order chi connectivity index (χ0) is 12.1. The van der Waals surface area contributed by atoms with E-state index in [0.29, 0.717) is 5.92 Å². The minimum absolute atomic E-state index is 0.0215. The number of halogens is 3. The average Bonchev–Trinajstić information content (AvgIpc) is 2.67. The molecule has 2 bridgehead atoms. The highest BCUT2D eigenvalue weighted by molar-refractivity contribution is 5.14. The Labute approximate surface area is 93.7 Å². The Morgan fingerprint density at radius 3 is 2.12 bits per heavy atom. The molecular weight excluding hydrogens is 217 g/mol. The van der Waals surface area contributed by atoms with Crippen molar-refractivity contribution in [3.05, 3.63) is 12.2 Å². The fourth-order valence-electron chi connectivity index (χ4n) is 2.53. The highest BCUT2D eigenvalue weighted by Gasteiger charge is 2.54. The zero-order valence-electron chi connectivity index (χ0n) is 9.71. The molecule has 2 aliphatic carbocycles. The summed E-state index contributed by atoms with van der Waals surface area (Å²) < 4.78 is 45.0. The molecule has 16 heavy (non-hydrogen) atoms. The fourth-order valence-corrected chi connectivity index (χ4v) is 2.53. The highest BCUT2D eigenvalue weighted by atomic mass is 19.3. The van der Waals surface area contributed by atoms with Gasteiger partial charge in [0.25, 0.3) is 0 Å². The summed E-state index contributed by atoms with van der Waals surface area (Å²) in [5.41, 5.74) is -2.64. The Balaban J connectivity index is 2.09. The monoisotopic (exact) mass is 234 g/mol. The summed E-state index contributed by atoms with van der Waals surface area (Å²) in [7, 11) is 0. The molecule has 0 aromatic rings. The third-order valence-electron chi connectivity index (χ3n) is 3.74. The predicted octanol–water partition coefficient (Wildman–Crippen LogP) is 3.55. The average molecular weight is 234 g/mol. The quantitative estimate of drug-likeness (QED) is 0.678. The number of rotatable bonds is 3. The first-order valence-electron chi connectivity index (χ1n) is 5.65.